The fourth-order valence-corrected chi connectivity index (χ4v) is 0. The van der Waals surface area contributed by atoms with Crippen molar-refractivity contribution in [1.29, 1.82) is 0 Å². The zero-order valence-corrected chi connectivity index (χ0v) is 6.38. The number of hydrogen-bond acceptors (Lipinski definition) is 2. The molecule has 0 fully saturated rings. The van der Waals surface area contributed by atoms with E-state index in [0.29, 0.717) is 0 Å². The van der Waals surface area contributed by atoms with Gasteiger partial charge in [0.2, 0.25) is 0 Å². The Balaban J connectivity index is -0.0000000800. The van der Waals surface area contributed by atoms with Gasteiger partial charge in [0.25, 0.3) is 0 Å². The second-order valence-corrected chi connectivity index (χ2v) is 2.73. The Morgan fingerprint density at radius 1 is 1.43 bits per heavy atom. The van der Waals surface area contributed by atoms with Crippen molar-refractivity contribution >= 4 is 20.8 Å². The average Bonchev–Trinajstić information content (AvgIpc) is 0.722. The molecule has 7 heteroatoms. The molecule has 7 heavy (non-hydrogen) atoms. The first-order chi connectivity index (χ1) is 2.00. The quantitative estimate of drug-likeness (QED) is 0.263. The van der Waals surface area contributed by atoms with Crippen LogP contribution in [0.3, 0.4) is 0 Å². The largest absolute Gasteiger partial charge is 0.316 e. The van der Waals surface area contributed by atoms with Crippen molar-refractivity contribution in [2.75, 3.05) is 0 Å². The minimum atomic E-state index is -3.97. The molecule has 0 amide bonds. The second kappa shape index (κ2) is 5.41. The smallest absolute Gasteiger partial charge is 0.277 e. The normalized spacial score (nSPS) is 8.29. The molecule has 0 aliphatic carbocycles. The Morgan fingerprint density at radius 3 is 1.43 bits per heavy atom. The Hall–Kier alpha value is 1.27. The molecule has 0 rings (SSSR count). The summed E-state index contributed by atoms with van der Waals surface area (Å²) in [6, 6.07) is 0. The molecule has 0 atom stereocenters. The topological polar surface area (TPSA) is 54.4 Å². The fourth-order valence-electron chi connectivity index (χ4n) is 0. The average molecular weight is 236 g/mol. The Bertz CT molecular complexity index is 96.1. The van der Waals surface area contributed by atoms with Crippen LogP contribution in [0.1, 0.15) is 0 Å². The van der Waals surface area contributed by atoms with Crippen LogP contribution in [0.5, 0.6) is 0 Å². The van der Waals surface area contributed by atoms with Crippen LogP contribution in [0.15, 0.2) is 0 Å². The van der Waals surface area contributed by atoms with E-state index >= 15 is 0 Å². The molecule has 53 valence electrons. The molecule has 0 aromatic rings. The van der Waals surface area contributed by atoms with E-state index in [4.69, 9.17) is 13.0 Å². The molecule has 0 heterocycles. The van der Waals surface area contributed by atoms with Gasteiger partial charge in [-0.2, -0.15) is 8.42 Å². The van der Waals surface area contributed by atoms with Gasteiger partial charge in [0.05, 0.1) is 0 Å². The maximum Gasteiger partial charge on any atom is 0.316 e. The molecular formula is H2CuNiO3S2. The summed E-state index contributed by atoms with van der Waals surface area (Å²) in [5.74, 6) is 0. The van der Waals surface area contributed by atoms with Crippen LogP contribution in [-0.4, -0.2) is 13.0 Å². The SMILES string of the molecule is O=S(=O)(O)S.[Cu].[Ni]. The van der Waals surface area contributed by atoms with Crippen molar-refractivity contribution in [1.82, 2.24) is 0 Å². The molecule has 0 unspecified atom stereocenters. The third kappa shape index (κ3) is 125. The van der Waals surface area contributed by atoms with Crippen LogP contribution in [0.25, 0.3) is 0 Å². The van der Waals surface area contributed by atoms with Gasteiger partial charge in [0.1, 0.15) is 0 Å². The minimum Gasteiger partial charge on any atom is -0.277 e. The van der Waals surface area contributed by atoms with Crippen LogP contribution in [0.4, 0.5) is 0 Å². The van der Waals surface area contributed by atoms with Gasteiger partial charge in [-0.05, 0) is 11.7 Å². The summed E-state index contributed by atoms with van der Waals surface area (Å²) >= 11 is 2.65. The van der Waals surface area contributed by atoms with Gasteiger partial charge in [0, 0.05) is 33.6 Å². The van der Waals surface area contributed by atoms with E-state index in [1.807, 2.05) is 0 Å². The standard InChI is InChI=1S/Cu.Ni.H2O3S2/c;;1-5(2,3)4/h;;(H2,1,2,3,4). The summed E-state index contributed by atoms with van der Waals surface area (Å²) in [6.07, 6.45) is 0. The first-order valence-corrected chi connectivity index (χ1v) is 3.19. The van der Waals surface area contributed by atoms with E-state index < -0.39 is 9.15 Å². The molecular weight excluding hydrogens is 234 g/mol. The van der Waals surface area contributed by atoms with Gasteiger partial charge in [-0.1, -0.05) is 0 Å². The molecule has 1 N–H and O–H groups in total. The summed E-state index contributed by atoms with van der Waals surface area (Å²) in [4.78, 5) is 0. The van der Waals surface area contributed by atoms with E-state index in [-0.39, 0.29) is 33.6 Å². The van der Waals surface area contributed by atoms with Gasteiger partial charge >= 0.3 is 9.15 Å². The Labute approximate surface area is 67.2 Å². The molecule has 0 aromatic heterocycles. The van der Waals surface area contributed by atoms with E-state index in [2.05, 4.69) is 11.7 Å². The van der Waals surface area contributed by atoms with E-state index in [0.717, 1.165) is 0 Å². The third-order valence-electron chi connectivity index (χ3n) is 0. The van der Waals surface area contributed by atoms with Gasteiger partial charge < -0.3 is 0 Å². The molecule has 0 saturated carbocycles. The molecule has 3 nitrogen and oxygen atoms in total. The number of hydrogen-bond donors (Lipinski definition) is 2. The van der Waals surface area contributed by atoms with Crippen molar-refractivity contribution in [2.45, 2.75) is 0 Å². The first kappa shape index (κ1) is 15.7. The molecule has 0 aromatic carbocycles. The Morgan fingerprint density at radius 2 is 1.43 bits per heavy atom. The zero-order chi connectivity index (χ0) is 4.50. The van der Waals surface area contributed by atoms with Gasteiger partial charge in [-0.3, -0.25) is 4.55 Å². The molecule has 1 radical (unpaired) electrons. The maximum absolute atomic E-state index is 9.05. The van der Waals surface area contributed by atoms with Gasteiger partial charge in [-0.25, -0.2) is 0 Å². The van der Waals surface area contributed by atoms with Crippen molar-refractivity contribution in [3.05, 3.63) is 0 Å². The van der Waals surface area contributed by atoms with E-state index in [9.17, 15) is 0 Å². The molecule has 0 aliphatic rings. The van der Waals surface area contributed by atoms with Crippen molar-refractivity contribution in [3.8, 4) is 0 Å². The zero-order valence-electron chi connectivity index (χ0n) is 2.74. The summed E-state index contributed by atoms with van der Waals surface area (Å²) in [5, 5.41) is 0. The van der Waals surface area contributed by atoms with Gasteiger partial charge in [0.15, 0.2) is 0 Å². The van der Waals surface area contributed by atoms with Crippen molar-refractivity contribution in [2.24, 2.45) is 0 Å². The second-order valence-electron chi connectivity index (χ2n) is 0.448. The summed E-state index contributed by atoms with van der Waals surface area (Å²) < 4.78 is 25.5. The molecule has 0 aliphatic heterocycles. The first-order valence-electron chi connectivity index (χ1n) is 0.698. The molecule has 0 bridgehead atoms. The van der Waals surface area contributed by atoms with E-state index in [1.54, 1.807) is 0 Å². The third-order valence-corrected chi connectivity index (χ3v) is 0. The van der Waals surface area contributed by atoms with Crippen LogP contribution in [-0.2, 0) is 42.7 Å². The maximum atomic E-state index is 9.05. The summed E-state index contributed by atoms with van der Waals surface area (Å²) in [7, 11) is -3.97. The van der Waals surface area contributed by atoms with Crippen molar-refractivity contribution < 1.29 is 46.5 Å². The van der Waals surface area contributed by atoms with Crippen molar-refractivity contribution in [3.63, 3.8) is 0 Å². The van der Waals surface area contributed by atoms with Crippen LogP contribution < -0.4 is 0 Å². The van der Waals surface area contributed by atoms with Crippen LogP contribution in [0.2, 0.25) is 0 Å². The Kier molecular flexibility index (Phi) is 12.2. The summed E-state index contributed by atoms with van der Waals surface area (Å²) in [5.41, 5.74) is 0. The van der Waals surface area contributed by atoms with Gasteiger partial charge in [-0.15, -0.1) is 0 Å². The van der Waals surface area contributed by atoms with E-state index in [1.165, 1.54) is 0 Å². The summed E-state index contributed by atoms with van der Waals surface area (Å²) in [6.45, 7) is 0. The monoisotopic (exact) mass is 235 g/mol. The van der Waals surface area contributed by atoms with Crippen LogP contribution >= 0.6 is 11.7 Å². The molecule has 0 spiro atoms. The molecule has 0 saturated heterocycles. The van der Waals surface area contributed by atoms with Crippen LogP contribution in [0, 0.1) is 0 Å². The fraction of sp³-hybridized carbons (Fsp3) is 0. The minimum absolute atomic E-state index is 0. The predicted molar refractivity (Wildman–Crippen MR) is 20.5 cm³/mol. The number of thiol groups is 1. The predicted octanol–water partition coefficient (Wildman–Crippen LogP) is -0.286. The number of rotatable bonds is 0.